The average Bonchev–Trinajstić information content (AvgIpc) is 2.73. The Morgan fingerprint density at radius 1 is 1.31 bits per heavy atom. The fraction of sp³-hybridized carbons (Fsp3) is 0.619. The third kappa shape index (κ3) is 6.90. The smallest absolute Gasteiger partial charge is 0.237 e. The number of nitrogens with two attached hydrogens (primary N) is 1. The molecule has 1 aromatic carbocycles. The molecule has 162 valence electrons. The molecule has 2 amide bonds. The van der Waals surface area contributed by atoms with Gasteiger partial charge in [0, 0.05) is 25.2 Å². The second-order valence-corrected chi connectivity index (χ2v) is 7.26. The van der Waals surface area contributed by atoms with Crippen molar-refractivity contribution >= 4 is 11.8 Å². The van der Waals surface area contributed by atoms with E-state index < -0.39 is 6.04 Å². The number of carbonyl (C=O) groups excluding carboxylic acids is 2. The van der Waals surface area contributed by atoms with Gasteiger partial charge in [0.25, 0.3) is 0 Å². The number of carbonyl (C=O) groups is 2. The minimum atomic E-state index is -0.569. The summed E-state index contributed by atoms with van der Waals surface area (Å²) in [7, 11) is 1.62. The monoisotopic (exact) mass is 406 g/mol. The lowest BCUT2D eigenvalue weighted by Gasteiger charge is -2.35. The minimum absolute atomic E-state index is 0.0138. The lowest BCUT2D eigenvalue weighted by Crippen LogP contribution is -2.56. The number of hydrogen-bond donors (Lipinski definition) is 3. The molecule has 1 aliphatic heterocycles. The van der Waals surface area contributed by atoms with Crippen molar-refractivity contribution in [3.05, 3.63) is 23.8 Å². The van der Waals surface area contributed by atoms with Crippen LogP contribution in [0.4, 0.5) is 0 Å². The highest BCUT2D eigenvalue weighted by Crippen LogP contribution is 2.33. The molecule has 1 heterocycles. The van der Waals surface area contributed by atoms with Gasteiger partial charge in [-0.3, -0.25) is 19.9 Å². The standard InChI is InChI=1S/C21H34N4O4/c1-3-4-5-6-7-13-29-20-16(9-8-10-18(20)28-2)15-25-12-11-23-21(27)17(25)14-19(26)24-22/h8-10,17H,3-7,11-15,22H2,1-2H3,(H,23,27)(H,24,26). The quantitative estimate of drug-likeness (QED) is 0.211. The van der Waals surface area contributed by atoms with Gasteiger partial charge < -0.3 is 14.8 Å². The zero-order valence-corrected chi connectivity index (χ0v) is 17.5. The van der Waals surface area contributed by atoms with Crippen molar-refractivity contribution in [2.45, 2.75) is 58.0 Å². The van der Waals surface area contributed by atoms with E-state index in [1.165, 1.54) is 19.3 Å². The second-order valence-electron chi connectivity index (χ2n) is 7.26. The molecule has 8 heteroatoms. The summed E-state index contributed by atoms with van der Waals surface area (Å²) in [6, 6.07) is 5.19. The number of nitrogens with zero attached hydrogens (tertiary/aromatic N) is 1. The highest BCUT2D eigenvalue weighted by Gasteiger charge is 2.32. The second kappa shape index (κ2) is 12.3. The normalized spacial score (nSPS) is 16.9. The molecule has 0 radical (unpaired) electrons. The summed E-state index contributed by atoms with van der Waals surface area (Å²) in [6.45, 7) is 4.48. The van der Waals surface area contributed by atoms with Crippen LogP contribution in [0.1, 0.15) is 51.0 Å². The Labute approximate surface area is 173 Å². The largest absolute Gasteiger partial charge is 0.493 e. The first-order valence-corrected chi connectivity index (χ1v) is 10.4. The number of methoxy groups -OCH3 is 1. The predicted octanol–water partition coefficient (Wildman–Crippen LogP) is 1.72. The van der Waals surface area contributed by atoms with Crippen LogP contribution in [-0.4, -0.2) is 49.6 Å². The molecule has 8 nitrogen and oxygen atoms in total. The molecule has 0 saturated carbocycles. The average molecular weight is 407 g/mol. The maximum Gasteiger partial charge on any atom is 0.237 e. The third-order valence-electron chi connectivity index (χ3n) is 5.13. The van der Waals surface area contributed by atoms with Gasteiger partial charge >= 0.3 is 0 Å². The van der Waals surface area contributed by atoms with Crippen molar-refractivity contribution in [2.75, 3.05) is 26.8 Å². The Hall–Kier alpha value is -2.32. The Kier molecular flexibility index (Phi) is 9.73. The van der Waals surface area contributed by atoms with Crippen molar-refractivity contribution in [1.82, 2.24) is 15.6 Å². The van der Waals surface area contributed by atoms with Crippen LogP contribution in [0.15, 0.2) is 18.2 Å². The molecule has 29 heavy (non-hydrogen) atoms. The summed E-state index contributed by atoms with van der Waals surface area (Å²) in [4.78, 5) is 26.1. The summed E-state index contributed by atoms with van der Waals surface area (Å²) in [5, 5.41) is 2.82. The molecule has 1 aromatic rings. The van der Waals surface area contributed by atoms with Crippen molar-refractivity contribution in [1.29, 1.82) is 0 Å². The highest BCUT2D eigenvalue weighted by molar-refractivity contribution is 5.88. The number of hydrogen-bond acceptors (Lipinski definition) is 6. The van der Waals surface area contributed by atoms with Gasteiger partial charge in [0.05, 0.1) is 26.2 Å². The molecule has 1 atom stereocenters. The molecule has 0 aliphatic carbocycles. The molecule has 1 aliphatic rings. The van der Waals surface area contributed by atoms with Gasteiger partial charge in [-0.1, -0.05) is 44.7 Å². The van der Waals surface area contributed by atoms with E-state index in [1.807, 2.05) is 23.1 Å². The number of ether oxygens (including phenoxy) is 2. The van der Waals surface area contributed by atoms with Gasteiger partial charge in [-0.05, 0) is 12.5 Å². The number of benzene rings is 1. The highest BCUT2D eigenvalue weighted by atomic mass is 16.5. The Balaban J connectivity index is 2.09. The topological polar surface area (TPSA) is 106 Å². The van der Waals surface area contributed by atoms with Gasteiger partial charge in [-0.15, -0.1) is 0 Å². The number of para-hydroxylation sites is 1. The maximum absolute atomic E-state index is 12.3. The minimum Gasteiger partial charge on any atom is -0.493 e. The summed E-state index contributed by atoms with van der Waals surface area (Å²) in [6.07, 6.45) is 5.81. The number of rotatable bonds is 12. The molecular formula is C21H34N4O4. The predicted molar refractivity (Wildman–Crippen MR) is 111 cm³/mol. The molecule has 0 spiro atoms. The molecule has 2 rings (SSSR count). The van der Waals surface area contributed by atoms with Crippen molar-refractivity contribution in [3.63, 3.8) is 0 Å². The SMILES string of the molecule is CCCCCCCOc1c(CN2CCNC(=O)C2CC(=O)NN)cccc1OC. The molecule has 1 saturated heterocycles. The van der Waals surface area contributed by atoms with Crippen LogP contribution in [0.2, 0.25) is 0 Å². The molecular weight excluding hydrogens is 372 g/mol. The van der Waals surface area contributed by atoms with Gasteiger partial charge in [-0.2, -0.15) is 0 Å². The summed E-state index contributed by atoms with van der Waals surface area (Å²) in [5.41, 5.74) is 3.04. The maximum atomic E-state index is 12.3. The first kappa shape index (κ1) is 23.0. The molecule has 0 aromatic heterocycles. The number of unbranched alkanes of at least 4 members (excludes halogenated alkanes) is 4. The first-order chi connectivity index (χ1) is 14.1. The lowest BCUT2D eigenvalue weighted by molar-refractivity contribution is -0.134. The molecule has 4 N–H and O–H groups in total. The van der Waals surface area contributed by atoms with E-state index in [0.717, 1.165) is 18.4 Å². The number of nitrogens with one attached hydrogen (secondary N) is 2. The third-order valence-corrected chi connectivity index (χ3v) is 5.13. The lowest BCUT2D eigenvalue weighted by atomic mass is 10.1. The Morgan fingerprint density at radius 2 is 2.10 bits per heavy atom. The van der Waals surface area contributed by atoms with Crippen molar-refractivity contribution in [3.8, 4) is 11.5 Å². The van der Waals surface area contributed by atoms with Crippen LogP contribution >= 0.6 is 0 Å². The van der Waals surface area contributed by atoms with Crippen LogP contribution in [0.5, 0.6) is 11.5 Å². The Morgan fingerprint density at radius 3 is 2.83 bits per heavy atom. The van der Waals surface area contributed by atoms with E-state index in [9.17, 15) is 9.59 Å². The van der Waals surface area contributed by atoms with E-state index in [2.05, 4.69) is 17.7 Å². The van der Waals surface area contributed by atoms with Crippen molar-refractivity contribution in [2.24, 2.45) is 5.84 Å². The van der Waals surface area contributed by atoms with Crippen LogP contribution in [0, 0.1) is 0 Å². The first-order valence-electron chi connectivity index (χ1n) is 10.4. The van der Waals surface area contributed by atoms with Gasteiger partial charge in [-0.25, -0.2) is 5.84 Å². The van der Waals surface area contributed by atoms with Crippen molar-refractivity contribution < 1.29 is 19.1 Å². The van der Waals surface area contributed by atoms with Crippen LogP contribution in [-0.2, 0) is 16.1 Å². The van der Waals surface area contributed by atoms with E-state index in [1.54, 1.807) is 7.11 Å². The van der Waals surface area contributed by atoms with Gasteiger partial charge in [0.15, 0.2) is 11.5 Å². The fourth-order valence-electron chi connectivity index (χ4n) is 3.52. The molecule has 0 bridgehead atoms. The number of hydrazine groups is 1. The summed E-state index contributed by atoms with van der Waals surface area (Å²) >= 11 is 0. The van der Waals surface area contributed by atoms with E-state index in [-0.39, 0.29) is 18.2 Å². The number of piperazine rings is 1. The molecule has 1 unspecified atom stereocenters. The fourth-order valence-corrected chi connectivity index (χ4v) is 3.52. The van der Waals surface area contributed by atoms with E-state index in [4.69, 9.17) is 15.3 Å². The van der Waals surface area contributed by atoms with Gasteiger partial charge in [0.1, 0.15) is 0 Å². The van der Waals surface area contributed by atoms with Crippen LogP contribution in [0.3, 0.4) is 0 Å². The zero-order valence-electron chi connectivity index (χ0n) is 17.5. The molecule has 1 fully saturated rings. The summed E-state index contributed by atoms with van der Waals surface area (Å²) < 4.78 is 11.6. The summed E-state index contributed by atoms with van der Waals surface area (Å²) in [5.74, 6) is 6.05. The van der Waals surface area contributed by atoms with Crippen LogP contribution in [0.25, 0.3) is 0 Å². The van der Waals surface area contributed by atoms with E-state index in [0.29, 0.717) is 37.7 Å². The van der Waals surface area contributed by atoms with Gasteiger partial charge in [0.2, 0.25) is 11.8 Å². The number of amides is 2. The van der Waals surface area contributed by atoms with E-state index >= 15 is 0 Å². The Bertz CT molecular complexity index is 668. The zero-order chi connectivity index (χ0) is 21.1. The van der Waals surface area contributed by atoms with Crippen LogP contribution < -0.4 is 26.1 Å².